The van der Waals surface area contributed by atoms with Crippen molar-refractivity contribution in [3.05, 3.63) is 63.6 Å². The Hall–Kier alpha value is -1.81. The van der Waals surface area contributed by atoms with E-state index < -0.39 is 0 Å². The first-order valence-corrected chi connectivity index (χ1v) is 8.00. The molecule has 0 aliphatic rings. The smallest absolute Gasteiger partial charge is 0.258 e. The summed E-state index contributed by atoms with van der Waals surface area (Å²) in [5, 5.41) is 2.94. The summed E-state index contributed by atoms with van der Waals surface area (Å²) in [7, 11) is 0. The summed E-state index contributed by atoms with van der Waals surface area (Å²) in [4.78, 5) is 12.0. The average Bonchev–Trinajstić information content (AvgIpc) is 2.49. The van der Waals surface area contributed by atoms with Crippen LogP contribution in [0.3, 0.4) is 0 Å². The quantitative estimate of drug-likeness (QED) is 0.860. The molecule has 0 bridgehead atoms. The van der Waals surface area contributed by atoms with Crippen LogP contribution >= 0.6 is 15.9 Å². The highest BCUT2D eigenvalue weighted by atomic mass is 79.9. The number of ether oxygens (including phenoxy) is 1. The molecule has 0 saturated heterocycles. The van der Waals surface area contributed by atoms with E-state index in [-0.39, 0.29) is 18.6 Å². The van der Waals surface area contributed by atoms with Crippen molar-refractivity contribution in [3.8, 4) is 5.75 Å². The number of aryl methyl sites for hydroxylation is 2. The zero-order valence-electron chi connectivity index (χ0n) is 13.0. The maximum Gasteiger partial charge on any atom is 0.258 e. The van der Waals surface area contributed by atoms with Gasteiger partial charge in [0, 0.05) is 4.47 Å². The molecular weight excluding hydrogens is 342 g/mol. The fourth-order valence-electron chi connectivity index (χ4n) is 2.14. The van der Waals surface area contributed by atoms with Gasteiger partial charge < -0.3 is 10.1 Å². The molecule has 3 nitrogen and oxygen atoms in total. The lowest BCUT2D eigenvalue weighted by atomic mass is 10.1. The SMILES string of the molecule is Cc1ccc(OCC(=O)NC(C)c2ccccc2Br)cc1C. The normalized spacial score (nSPS) is 11.8. The Bertz CT molecular complexity index is 670. The van der Waals surface area contributed by atoms with E-state index in [0.717, 1.165) is 15.6 Å². The van der Waals surface area contributed by atoms with Crippen LogP contribution in [0.5, 0.6) is 5.75 Å². The highest BCUT2D eigenvalue weighted by molar-refractivity contribution is 9.10. The topological polar surface area (TPSA) is 38.3 Å². The van der Waals surface area contributed by atoms with Gasteiger partial charge in [-0.2, -0.15) is 0 Å². The van der Waals surface area contributed by atoms with Crippen LogP contribution in [0.4, 0.5) is 0 Å². The lowest BCUT2D eigenvalue weighted by molar-refractivity contribution is -0.123. The monoisotopic (exact) mass is 361 g/mol. The fraction of sp³-hybridized carbons (Fsp3) is 0.278. The van der Waals surface area contributed by atoms with Gasteiger partial charge in [-0.25, -0.2) is 0 Å². The Morgan fingerprint density at radius 3 is 2.59 bits per heavy atom. The lowest BCUT2D eigenvalue weighted by Crippen LogP contribution is -2.31. The molecule has 22 heavy (non-hydrogen) atoms. The highest BCUT2D eigenvalue weighted by Gasteiger charge is 2.12. The number of nitrogens with one attached hydrogen (secondary N) is 1. The average molecular weight is 362 g/mol. The van der Waals surface area contributed by atoms with Crippen LogP contribution in [0.1, 0.15) is 29.7 Å². The van der Waals surface area contributed by atoms with Crippen LogP contribution in [-0.4, -0.2) is 12.5 Å². The van der Waals surface area contributed by atoms with Gasteiger partial charge in [-0.1, -0.05) is 40.2 Å². The molecule has 2 aromatic carbocycles. The molecule has 0 aliphatic carbocycles. The molecule has 4 heteroatoms. The van der Waals surface area contributed by atoms with Crippen molar-refractivity contribution in [1.29, 1.82) is 0 Å². The predicted molar refractivity (Wildman–Crippen MR) is 92.1 cm³/mol. The first-order chi connectivity index (χ1) is 10.5. The van der Waals surface area contributed by atoms with Crippen LogP contribution in [0.15, 0.2) is 46.9 Å². The second-order valence-corrected chi connectivity index (χ2v) is 6.20. The summed E-state index contributed by atoms with van der Waals surface area (Å²) < 4.78 is 6.53. The molecule has 1 N–H and O–H groups in total. The molecule has 0 spiro atoms. The van der Waals surface area contributed by atoms with Gasteiger partial charge in [0.05, 0.1) is 6.04 Å². The summed E-state index contributed by atoms with van der Waals surface area (Å²) in [6.07, 6.45) is 0. The van der Waals surface area contributed by atoms with Gasteiger partial charge in [0.1, 0.15) is 5.75 Å². The lowest BCUT2D eigenvalue weighted by Gasteiger charge is -2.16. The third kappa shape index (κ3) is 4.34. The third-order valence-electron chi connectivity index (χ3n) is 3.60. The van der Waals surface area contributed by atoms with E-state index in [1.807, 2.05) is 63.2 Å². The van der Waals surface area contributed by atoms with E-state index in [4.69, 9.17) is 4.74 Å². The Kier molecular flexibility index (Phi) is 5.61. The van der Waals surface area contributed by atoms with Gasteiger partial charge in [0.25, 0.3) is 5.91 Å². The molecule has 1 unspecified atom stereocenters. The van der Waals surface area contributed by atoms with Crippen molar-refractivity contribution in [3.63, 3.8) is 0 Å². The van der Waals surface area contributed by atoms with Crippen LogP contribution in [0.25, 0.3) is 0 Å². The van der Waals surface area contributed by atoms with Gasteiger partial charge in [0.15, 0.2) is 6.61 Å². The largest absolute Gasteiger partial charge is 0.484 e. The number of rotatable bonds is 5. The summed E-state index contributed by atoms with van der Waals surface area (Å²) in [5.41, 5.74) is 3.40. The van der Waals surface area contributed by atoms with E-state index >= 15 is 0 Å². The number of carbonyl (C=O) groups excluding carboxylic acids is 1. The summed E-state index contributed by atoms with van der Waals surface area (Å²) >= 11 is 3.49. The second kappa shape index (κ2) is 7.45. The van der Waals surface area contributed by atoms with Crippen LogP contribution in [0, 0.1) is 13.8 Å². The number of carbonyl (C=O) groups is 1. The molecule has 116 valence electrons. The minimum Gasteiger partial charge on any atom is -0.484 e. The highest BCUT2D eigenvalue weighted by Crippen LogP contribution is 2.22. The number of hydrogen-bond acceptors (Lipinski definition) is 2. The summed E-state index contributed by atoms with van der Waals surface area (Å²) in [6.45, 7) is 6.04. The Morgan fingerprint density at radius 1 is 1.18 bits per heavy atom. The molecular formula is C18H20BrNO2. The van der Waals surface area contributed by atoms with Gasteiger partial charge in [-0.15, -0.1) is 0 Å². The number of benzene rings is 2. The molecule has 0 heterocycles. The zero-order chi connectivity index (χ0) is 16.1. The predicted octanol–water partition coefficient (Wildman–Crippen LogP) is 4.32. The van der Waals surface area contributed by atoms with E-state index in [9.17, 15) is 4.79 Å². The zero-order valence-corrected chi connectivity index (χ0v) is 14.6. The standard InChI is InChI=1S/C18H20BrNO2/c1-12-8-9-15(10-13(12)2)22-11-18(21)20-14(3)16-6-4-5-7-17(16)19/h4-10,14H,11H2,1-3H3,(H,20,21). The van der Waals surface area contributed by atoms with Crippen LogP contribution < -0.4 is 10.1 Å². The number of amides is 1. The molecule has 2 rings (SSSR count). The Labute approximate surface area is 139 Å². The molecule has 0 aromatic heterocycles. The first kappa shape index (κ1) is 16.6. The van der Waals surface area contributed by atoms with E-state index in [0.29, 0.717) is 5.75 Å². The van der Waals surface area contributed by atoms with Gasteiger partial charge in [-0.3, -0.25) is 4.79 Å². The second-order valence-electron chi connectivity index (χ2n) is 5.35. The van der Waals surface area contributed by atoms with Crippen molar-refractivity contribution < 1.29 is 9.53 Å². The summed E-state index contributed by atoms with van der Waals surface area (Å²) in [6, 6.07) is 13.6. The first-order valence-electron chi connectivity index (χ1n) is 7.21. The fourth-order valence-corrected chi connectivity index (χ4v) is 2.77. The molecule has 0 saturated carbocycles. The number of hydrogen-bond donors (Lipinski definition) is 1. The molecule has 2 aromatic rings. The van der Waals surface area contributed by atoms with Crippen molar-refractivity contribution in [1.82, 2.24) is 5.32 Å². The van der Waals surface area contributed by atoms with Gasteiger partial charge >= 0.3 is 0 Å². The number of halogens is 1. The molecule has 0 aliphatic heterocycles. The minimum atomic E-state index is -0.138. The van der Waals surface area contributed by atoms with E-state index in [1.54, 1.807) is 0 Å². The van der Waals surface area contributed by atoms with Crippen molar-refractivity contribution in [2.75, 3.05) is 6.61 Å². The minimum absolute atomic E-state index is 0.0112. The van der Waals surface area contributed by atoms with Crippen LogP contribution in [-0.2, 0) is 4.79 Å². The van der Waals surface area contributed by atoms with Gasteiger partial charge in [-0.05, 0) is 55.7 Å². The van der Waals surface area contributed by atoms with E-state index in [2.05, 4.69) is 21.2 Å². The maximum absolute atomic E-state index is 12.0. The third-order valence-corrected chi connectivity index (χ3v) is 4.32. The van der Waals surface area contributed by atoms with Crippen LogP contribution in [0.2, 0.25) is 0 Å². The maximum atomic E-state index is 12.0. The summed E-state index contributed by atoms with van der Waals surface area (Å²) in [5.74, 6) is 0.577. The van der Waals surface area contributed by atoms with Crippen molar-refractivity contribution >= 4 is 21.8 Å². The molecule has 0 fully saturated rings. The van der Waals surface area contributed by atoms with Gasteiger partial charge in [0.2, 0.25) is 0 Å². The van der Waals surface area contributed by atoms with Crippen molar-refractivity contribution in [2.45, 2.75) is 26.8 Å². The molecule has 0 radical (unpaired) electrons. The molecule has 1 amide bonds. The van der Waals surface area contributed by atoms with Crippen molar-refractivity contribution in [2.24, 2.45) is 0 Å². The molecule has 1 atom stereocenters. The Morgan fingerprint density at radius 2 is 1.91 bits per heavy atom. The van der Waals surface area contributed by atoms with E-state index in [1.165, 1.54) is 5.56 Å². The Balaban J connectivity index is 1.90.